The molecule has 1 aliphatic heterocycles. The number of piperazine rings is 1. The van der Waals surface area contributed by atoms with Crippen molar-refractivity contribution in [1.82, 2.24) is 10.2 Å². The Morgan fingerprint density at radius 3 is 2.80 bits per heavy atom. The molecule has 15 heavy (non-hydrogen) atoms. The summed E-state index contributed by atoms with van der Waals surface area (Å²) in [7, 11) is 0. The quantitative estimate of drug-likeness (QED) is 0.743. The highest BCUT2D eigenvalue weighted by atomic mass is 15.2. The van der Waals surface area contributed by atoms with Crippen LogP contribution in [0.2, 0.25) is 0 Å². The first kappa shape index (κ1) is 10.9. The van der Waals surface area contributed by atoms with Gasteiger partial charge in [-0.25, -0.2) is 0 Å². The molecule has 1 N–H and O–H groups in total. The van der Waals surface area contributed by atoms with Gasteiger partial charge < -0.3 is 5.32 Å². The molecule has 1 saturated heterocycles. The number of hydrogen-bond donors (Lipinski definition) is 1. The number of nitriles is 1. The summed E-state index contributed by atoms with van der Waals surface area (Å²) in [5.74, 6) is 0.598. The molecule has 1 heterocycles. The van der Waals surface area contributed by atoms with Crippen molar-refractivity contribution in [2.75, 3.05) is 26.2 Å². The maximum absolute atomic E-state index is 9.56. The van der Waals surface area contributed by atoms with Crippen molar-refractivity contribution in [3.05, 3.63) is 0 Å². The van der Waals surface area contributed by atoms with Crippen molar-refractivity contribution in [2.45, 2.75) is 38.1 Å². The zero-order valence-corrected chi connectivity index (χ0v) is 9.63. The van der Waals surface area contributed by atoms with Gasteiger partial charge in [-0.15, -0.1) is 0 Å². The second-order valence-electron chi connectivity index (χ2n) is 4.77. The van der Waals surface area contributed by atoms with Crippen LogP contribution in [-0.4, -0.2) is 36.6 Å². The van der Waals surface area contributed by atoms with Gasteiger partial charge in [0, 0.05) is 26.2 Å². The molecule has 2 aliphatic rings. The van der Waals surface area contributed by atoms with Crippen LogP contribution in [0.15, 0.2) is 0 Å². The summed E-state index contributed by atoms with van der Waals surface area (Å²) in [6, 6.07) is 2.65. The Bertz CT molecular complexity index is 252. The van der Waals surface area contributed by atoms with Gasteiger partial charge in [-0.1, -0.05) is 19.8 Å². The van der Waals surface area contributed by atoms with Crippen molar-refractivity contribution in [3.63, 3.8) is 0 Å². The van der Waals surface area contributed by atoms with E-state index in [1.54, 1.807) is 0 Å². The van der Waals surface area contributed by atoms with Gasteiger partial charge in [-0.05, 0) is 18.8 Å². The van der Waals surface area contributed by atoms with Crippen molar-refractivity contribution in [3.8, 4) is 6.07 Å². The lowest BCUT2D eigenvalue weighted by Gasteiger charge is -2.42. The maximum atomic E-state index is 9.56. The van der Waals surface area contributed by atoms with E-state index in [2.05, 4.69) is 23.2 Å². The fraction of sp³-hybridized carbons (Fsp3) is 0.917. The van der Waals surface area contributed by atoms with Gasteiger partial charge in [0.1, 0.15) is 5.54 Å². The third-order valence-corrected chi connectivity index (χ3v) is 4.15. The first-order valence-corrected chi connectivity index (χ1v) is 6.20. The molecule has 3 heteroatoms. The molecular weight excluding hydrogens is 186 g/mol. The molecule has 1 saturated carbocycles. The van der Waals surface area contributed by atoms with E-state index in [0.29, 0.717) is 5.92 Å². The highest BCUT2D eigenvalue weighted by molar-refractivity contribution is 5.15. The van der Waals surface area contributed by atoms with Crippen LogP contribution in [0.5, 0.6) is 0 Å². The summed E-state index contributed by atoms with van der Waals surface area (Å²) in [6.07, 6.45) is 4.71. The van der Waals surface area contributed by atoms with Crippen LogP contribution in [-0.2, 0) is 0 Å². The minimum Gasteiger partial charge on any atom is -0.314 e. The van der Waals surface area contributed by atoms with Crippen LogP contribution in [0, 0.1) is 17.2 Å². The summed E-state index contributed by atoms with van der Waals surface area (Å²) in [6.45, 7) is 6.40. The average molecular weight is 207 g/mol. The predicted octanol–water partition coefficient (Wildman–Crippen LogP) is 1.36. The lowest BCUT2D eigenvalue weighted by molar-refractivity contribution is 0.0837. The van der Waals surface area contributed by atoms with Crippen molar-refractivity contribution in [1.29, 1.82) is 5.26 Å². The Hall–Kier alpha value is -0.590. The average Bonchev–Trinajstić information content (AvgIpc) is 2.74. The van der Waals surface area contributed by atoms with Crippen LogP contribution in [0.3, 0.4) is 0 Å². The maximum Gasteiger partial charge on any atom is 0.112 e. The predicted molar refractivity (Wildman–Crippen MR) is 60.4 cm³/mol. The van der Waals surface area contributed by atoms with E-state index in [9.17, 15) is 5.26 Å². The molecule has 2 unspecified atom stereocenters. The molecule has 2 fully saturated rings. The lowest BCUT2D eigenvalue weighted by Crippen LogP contribution is -2.57. The molecule has 2 rings (SSSR count). The van der Waals surface area contributed by atoms with E-state index in [4.69, 9.17) is 0 Å². The fourth-order valence-corrected chi connectivity index (χ4v) is 3.30. The van der Waals surface area contributed by atoms with Crippen LogP contribution < -0.4 is 5.32 Å². The van der Waals surface area contributed by atoms with Crippen LogP contribution >= 0.6 is 0 Å². The molecule has 2 atom stereocenters. The summed E-state index contributed by atoms with van der Waals surface area (Å²) in [5.41, 5.74) is -0.128. The Morgan fingerprint density at radius 1 is 1.47 bits per heavy atom. The van der Waals surface area contributed by atoms with E-state index in [0.717, 1.165) is 39.0 Å². The normalized spacial score (nSPS) is 37.7. The number of rotatable bonds is 2. The molecule has 1 aliphatic carbocycles. The van der Waals surface area contributed by atoms with Gasteiger partial charge in [0.2, 0.25) is 0 Å². The van der Waals surface area contributed by atoms with E-state index in [-0.39, 0.29) is 5.54 Å². The summed E-state index contributed by atoms with van der Waals surface area (Å²) in [5, 5.41) is 12.9. The number of hydrogen-bond acceptors (Lipinski definition) is 3. The third kappa shape index (κ3) is 1.77. The van der Waals surface area contributed by atoms with Crippen molar-refractivity contribution >= 4 is 0 Å². The molecule has 0 aromatic rings. The van der Waals surface area contributed by atoms with E-state index in [1.807, 2.05) is 0 Å². The Morgan fingerprint density at radius 2 is 2.20 bits per heavy atom. The minimum atomic E-state index is -0.128. The molecule has 0 bridgehead atoms. The van der Waals surface area contributed by atoms with Gasteiger partial charge in [0.15, 0.2) is 0 Å². The van der Waals surface area contributed by atoms with Gasteiger partial charge in [-0.2, -0.15) is 5.26 Å². The minimum absolute atomic E-state index is 0.128. The summed E-state index contributed by atoms with van der Waals surface area (Å²) < 4.78 is 0. The summed E-state index contributed by atoms with van der Waals surface area (Å²) in [4.78, 5) is 2.44. The molecular formula is C12H21N3. The molecule has 0 radical (unpaired) electrons. The third-order valence-electron chi connectivity index (χ3n) is 4.15. The largest absolute Gasteiger partial charge is 0.314 e. The first-order chi connectivity index (χ1) is 7.33. The van der Waals surface area contributed by atoms with Crippen LogP contribution in [0.4, 0.5) is 0 Å². The second kappa shape index (κ2) is 4.51. The SMILES string of the molecule is CCC1CCCC1(C#N)N1CCNCC1. The van der Waals surface area contributed by atoms with Crippen molar-refractivity contribution < 1.29 is 0 Å². The van der Waals surface area contributed by atoms with Crippen molar-refractivity contribution in [2.24, 2.45) is 5.92 Å². The Balaban J connectivity index is 2.16. The Labute approximate surface area is 92.4 Å². The van der Waals surface area contributed by atoms with Gasteiger partial charge >= 0.3 is 0 Å². The van der Waals surface area contributed by atoms with Gasteiger partial charge in [-0.3, -0.25) is 4.90 Å². The second-order valence-corrected chi connectivity index (χ2v) is 4.77. The topological polar surface area (TPSA) is 39.1 Å². The van der Waals surface area contributed by atoms with E-state index < -0.39 is 0 Å². The number of nitrogens with zero attached hydrogens (tertiary/aromatic N) is 2. The molecule has 0 amide bonds. The zero-order chi connectivity index (χ0) is 10.7. The molecule has 0 aromatic heterocycles. The molecule has 84 valence electrons. The lowest BCUT2D eigenvalue weighted by atomic mass is 9.84. The molecule has 3 nitrogen and oxygen atoms in total. The van der Waals surface area contributed by atoms with E-state index in [1.165, 1.54) is 12.8 Å². The van der Waals surface area contributed by atoms with Gasteiger partial charge in [0.05, 0.1) is 6.07 Å². The number of nitrogens with one attached hydrogen (secondary N) is 1. The first-order valence-electron chi connectivity index (χ1n) is 6.20. The van der Waals surface area contributed by atoms with Crippen LogP contribution in [0.1, 0.15) is 32.6 Å². The highest BCUT2D eigenvalue weighted by Gasteiger charge is 2.46. The monoisotopic (exact) mass is 207 g/mol. The van der Waals surface area contributed by atoms with E-state index >= 15 is 0 Å². The Kier molecular flexibility index (Phi) is 3.28. The van der Waals surface area contributed by atoms with Crippen LogP contribution in [0.25, 0.3) is 0 Å². The zero-order valence-electron chi connectivity index (χ0n) is 9.63. The fourth-order valence-electron chi connectivity index (χ4n) is 3.30. The van der Waals surface area contributed by atoms with Gasteiger partial charge in [0.25, 0.3) is 0 Å². The molecule has 0 spiro atoms. The molecule has 0 aromatic carbocycles. The standard InChI is InChI=1S/C12H21N3/c1-2-11-4-3-5-12(11,10-13)15-8-6-14-7-9-15/h11,14H,2-9H2,1H3. The highest BCUT2D eigenvalue weighted by Crippen LogP contribution is 2.41. The smallest absolute Gasteiger partial charge is 0.112 e. The summed E-state index contributed by atoms with van der Waals surface area (Å²) >= 11 is 0.